The lowest BCUT2D eigenvalue weighted by Gasteiger charge is -2.17. The van der Waals surface area contributed by atoms with E-state index in [-0.39, 0.29) is 0 Å². The molecule has 0 spiro atoms. The summed E-state index contributed by atoms with van der Waals surface area (Å²) in [6.07, 6.45) is 2.29. The molecule has 2 nitrogen and oxygen atoms in total. The lowest BCUT2D eigenvalue weighted by Crippen LogP contribution is -2.19. The average molecular weight is 218 g/mol. The second-order valence-electron chi connectivity index (χ2n) is 5.02. The Balaban J connectivity index is 1.47. The molecule has 2 aliphatic rings. The highest BCUT2D eigenvalue weighted by Gasteiger charge is 2.53. The van der Waals surface area contributed by atoms with Crippen molar-refractivity contribution in [2.75, 3.05) is 6.61 Å². The number of rotatable bonds is 4. The van der Waals surface area contributed by atoms with Gasteiger partial charge in [0.15, 0.2) is 0 Å². The molecule has 0 N–H and O–H groups in total. The summed E-state index contributed by atoms with van der Waals surface area (Å²) in [5, 5.41) is 0. The Hall–Kier alpha value is -0.860. The first-order valence-corrected chi connectivity index (χ1v) is 6.12. The van der Waals surface area contributed by atoms with E-state index in [1.807, 2.05) is 6.07 Å². The van der Waals surface area contributed by atoms with Gasteiger partial charge in [0.25, 0.3) is 0 Å². The van der Waals surface area contributed by atoms with Crippen LogP contribution in [-0.2, 0) is 16.1 Å². The van der Waals surface area contributed by atoms with Crippen LogP contribution in [0.5, 0.6) is 0 Å². The van der Waals surface area contributed by atoms with Crippen LogP contribution in [0.3, 0.4) is 0 Å². The van der Waals surface area contributed by atoms with Gasteiger partial charge in [-0.15, -0.1) is 0 Å². The van der Waals surface area contributed by atoms with Crippen LogP contribution in [0, 0.1) is 11.8 Å². The predicted octanol–water partition coefficient (Wildman–Crippen LogP) is 2.63. The van der Waals surface area contributed by atoms with Crippen LogP contribution in [0.25, 0.3) is 0 Å². The summed E-state index contributed by atoms with van der Waals surface area (Å²) in [6, 6.07) is 10.3. The van der Waals surface area contributed by atoms with Gasteiger partial charge in [0.05, 0.1) is 25.4 Å². The third-order valence-corrected chi connectivity index (χ3v) is 3.80. The number of hydrogen-bond donors (Lipinski definition) is 0. The summed E-state index contributed by atoms with van der Waals surface area (Å²) in [4.78, 5) is 0. The third-order valence-electron chi connectivity index (χ3n) is 3.80. The molecular formula is C14H18O2. The SMILES string of the molecule is CC1CC2OC2C1COCc1ccccc1. The highest BCUT2D eigenvalue weighted by atomic mass is 16.6. The Morgan fingerprint density at radius 2 is 2.12 bits per heavy atom. The number of fused-ring (bicyclic) bond motifs is 1. The quantitative estimate of drug-likeness (QED) is 0.725. The van der Waals surface area contributed by atoms with Crippen molar-refractivity contribution in [3.63, 3.8) is 0 Å². The molecule has 4 unspecified atom stereocenters. The van der Waals surface area contributed by atoms with Crippen LogP contribution in [0.1, 0.15) is 18.9 Å². The Morgan fingerprint density at radius 3 is 2.81 bits per heavy atom. The molecule has 0 bridgehead atoms. The lowest BCUT2D eigenvalue weighted by atomic mass is 9.98. The van der Waals surface area contributed by atoms with Gasteiger partial charge in [0, 0.05) is 5.92 Å². The van der Waals surface area contributed by atoms with E-state index in [1.54, 1.807) is 0 Å². The van der Waals surface area contributed by atoms with Crippen LogP contribution in [-0.4, -0.2) is 18.8 Å². The summed E-state index contributed by atoms with van der Waals surface area (Å²) >= 11 is 0. The number of hydrogen-bond acceptors (Lipinski definition) is 2. The van der Waals surface area contributed by atoms with Crippen LogP contribution < -0.4 is 0 Å². The molecule has 2 heteroatoms. The van der Waals surface area contributed by atoms with E-state index in [2.05, 4.69) is 31.2 Å². The monoisotopic (exact) mass is 218 g/mol. The zero-order valence-electron chi connectivity index (χ0n) is 9.63. The molecule has 16 heavy (non-hydrogen) atoms. The number of benzene rings is 1. The molecule has 4 atom stereocenters. The van der Waals surface area contributed by atoms with Crippen LogP contribution in [0.2, 0.25) is 0 Å². The van der Waals surface area contributed by atoms with Gasteiger partial charge in [-0.2, -0.15) is 0 Å². The van der Waals surface area contributed by atoms with E-state index in [9.17, 15) is 0 Å². The Labute approximate surface area is 96.6 Å². The zero-order valence-corrected chi connectivity index (χ0v) is 9.63. The summed E-state index contributed by atoms with van der Waals surface area (Å²) in [5.74, 6) is 1.38. The molecule has 1 aromatic carbocycles. The van der Waals surface area contributed by atoms with Crippen LogP contribution in [0.4, 0.5) is 0 Å². The maximum Gasteiger partial charge on any atom is 0.0894 e. The molecule has 86 valence electrons. The van der Waals surface area contributed by atoms with Crippen LogP contribution >= 0.6 is 0 Å². The summed E-state index contributed by atoms with van der Waals surface area (Å²) < 4.78 is 11.3. The first-order chi connectivity index (χ1) is 7.84. The van der Waals surface area contributed by atoms with Crippen molar-refractivity contribution < 1.29 is 9.47 Å². The van der Waals surface area contributed by atoms with Gasteiger partial charge in [-0.1, -0.05) is 37.3 Å². The smallest absolute Gasteiger partial charge is 0.0894 e. The van der Waals surface area contributed by atoms with Crippen molar-refractivity contribution in [2.45, 2.75) is 32.2 Å². The largest absolute Gasteiger partial charge is 0.376 e. The van der Waals surface area contributed by atoms with E-state index in [0.717, 1.165) is 19.1 Å². The van der Waals surface area contributed by atoms with Gasteiger partial charge in [-0.25, -0.2) is 0 Å². The molecule has 1 heterocycles. The van der Waals surface area contributed by atoms with Gasteiger partial charge in [0.1, 0.15) is 0 Å². The van der Waals surface area contributed by atoms with E-state index in [0.29, 0.717) is 18.1 Å². The highest BCUT2D eigenvalue weighted by Crippen LogP contribution is 2.46. The summed E-state index contributed by atoms with van der Waals surface area (Å²) in [7, 11) is 0. The molecule has 1 saturated heterocycles. The fourth-order valence-electron chi connectivity index (χ4n) is 2.73. The molecule has 3 rings (SSSR count). The third kappa shape index (κ3) is 2.00. The maximum absolute atomic E-state index is 5.79. The fourth-order valence-corrected chi connectivity index (χ4v) is 2.73. The van der Waals surface area contributed by atoms with Crippen LogP contribution in [0.15, 0.2) is 30.3 Å². The number of ether oxygens (including phenoxy) is 2. The zero-order chi connectivity index (χ0) is 11.0. The van der Waals surface area contributed by atoms with Crippen molar-refractivity contribution in [1.82, 2.24) is 0 Å². The minimum absolute atomic E-state index is 0.505. The maximum atomic E-state index is 5.79. The average Bonchev–Trinajstić information content (AvgIpc) is 2.98. The minimum Gasteiger partial charge on any atom is -0.376 e. The van der Waals surface area contributed by atoms with Crippen molar-refractivity contribution >= 4 is 0 Å². The summed E-state index contributed by atoms with van der Waals surface area (Å²) in [6.45, 7) is 3.88. The molecule has 1 aromatic rings. The molecular weight excluding hydrogens is 200 g/mol. The van der Waals surface area contributed by atoms with E-state index < -0.39 is 0 Å². The molecule has 0 amide bonds. The molecule has 1 aliphatic heterocycles. The minimum atomic E-state index is 0.505. The van der Waals surface area contributed by atoms with Gasteiger partial charge >= 0.3 is 0 Å². The normalized spacial score (nSPS) is 36.1. The van der Waals surface area contributed by atoms with E-state index in [4.69, 9.17) is 9.47 Å². The van der Waals surface area contributed by atoms with Gasteiger partial charge < -0.3 is 9.47 Å². The molecule has 2 fully saturated rings. The van der Waals surface area contributed by atoms with E-state index >= 15 is 0 Å². The Kier molecular flexibility index (Phi) is 2.70. The Morgan fingerprint density at radius 1 is 1.31 bits per heavy atom. The first kappa shape index (κ1) is 10.3. The molecule has 1 saturated carbocycles. The van der Waals surface area contributed by atoms with Crippen molar-refractivity contribution in [2.24, 2.45) is 11.8 Å². The topological polar surface area (TPSA) is 21.8 Å². The van der Waals surface area contributed by atoms with E-state index in [1.165, 1.54) is 12.0 Å². The van der Waals surface area contributed by atoms with Gasteiger partial charge in [-0.05, 0) is 17.9 Å². The van der Waals surface area contributed by atoms with Crippen molar-refractivity contribution in [3.05, 3.63) is 35.9 Å². The van der Waals surface area contributed by atoms with Crippen molar-refractivity contribution in [3.8, 4) is 0 Å². The lowest BCUT2D eigenvalue weighted by molar-refractivity contribution is 0.0538. The molecule has 1 aliphatic carbocycles. The first-order valence-electron chi connectivity index (χ1n) is 6.12. The van der Waals surface area contributed by atoms with Gasteiger partial charge in [0.2, 0.25) is 0 Å². The predicted molar refractivity (Wildman–Crippen MR) is 62.0 cm³/mol. The second kappa shape index (κ2) is 4.19. The Bertz CT molecular complexity index is 347. The summed E-state index contributed by atoms with van der Waals surface area (Å²) in [5.41, 5.74) is 1.25. The highest BCUT2D eigenvalue weighted by molar-refractivity contribution is 5.13. The molecule has 0 radical (unpaired) electrons. The van der Waals surface area contributed by atoms with Crippen molar-refractivity contribution in [1.29, 1.82) is 0 Å². The standard InChI is InChI=1S/C14H18O2/c1-10-7-13-14(16-13)12(10)9-15-8-11-5-3-2-4-6-11/h2-6,10,12-14H,7-9H2,1H3. The fraction of sp³-hybridized carbons (Fsp3) is 0.571. The second-order valence-corrected chi connectivity index (χ2v) is 5.02. The molecule has 0 aromatic heterocycles. The number of epoxide rings is 1. The van der Waals surface area contributed by atoms with Gasteiger partial charge in [-0.3, -0.25) is 0 Å².